The highest BCUT2D eigenvalue weighted by molar-refractivity contribution is 5.78. The molecule has 5 heteroatoms. The second-order valence-electron chi connectivity index (χ2n) is 5.82. The Labute approximate surface area is 130 Å². The first kappa shape index (κ1) is 16.3. The lowest BCUT2D eigenvalue weighted by molar-refractivity contribution is -0.137. The second-order valence-corrected chi connectivity index (χ2v) is 5.82. The number of amides is 1. The molecule has 1 fully saturated rings. The van der Waals surface area contributed by atoms with Gasteiger partial charge in [0, 0.05) is 18.4 Å². The van der Waals surface area contributed by atoms with Gasteiger partial charge in [-0.2, -0.15) is 0 Å². The fraction of sp³-hybridized carbons (Fsp3) is 0.529. The van der Waals surface area contributed by atoms with Gasteiger partial charge in [-0.25, -0.2) is 0 Å². The number of methoxy groups -OCH3 is 1. The van der Waals surface area contributed by atoms with Crippen molar-refractivity contribution in [3.05, 3.63) is 29.8 Å². The van der Waals surface area contributed by atoms with Crippen LogP contribution in [0.2, 0.25) is 0 Å². The molecule has 1 atom stereocenters. The molecule has 0 spiro atoms. The van der Waals surface area contributed by atoms with Crippen molar-refractivity contribution in [2.75, 3.05) is 7.11 Å². The second kappa shape index (κ2) is 7.82. The zero-order chi connectivity index (χ0) is 15.9. The van der Waals surface area contributed by atoms with E-state index in [0.29, 0.717) is 5.75 Å². The number of nitrogens with one attached hydrogen (secondary N) is 1. The highest BCUT2D eigenvalue weighted by atomic mass is 16.5. The van der Waals surface area contributed by atoms with Crippen LogP contribution >= 0.6 is 0 Å². The molecular weight excluding hydrogens is 282 g/mol. The van der Waals surface area contributed by atoms with Gasteiger partial charge in [-0.3, -0.25) is 9.59 Å². The van der Waals surface area contributed by atoms with Crippen molar-refractivity contribution in [3.63, 3.8) is 0 Å². The largest absolute Gasteiger partial charge is 0.497 e. The summed E-state index contributed by atoms with van der Waals surface area (Å²) in [6.07, 6.45) is 4.51. The molecule has 0 unspecified atom stereocenters. The normalized spacial score (nSPS) is 16.2. The number of carbonyl (C=O) groups is 2. The van der Waals surface area contributed by atoms with Crippen LogP contribution in [0.3, 0.4) is 0 Å². The Balaban J connectivity index is 2.00. The summed E-state index contributed by atoms with van der Waals surface area (Å²) in [4.78, 5) is 23.2. The Morgan fingerprint density at radius 2 is 1.86 bits per heavy atom. The molecule has 0 saturated heterocycles. The molecule has 0 aromatic heterocycles. The van der Waals surface area contributed by atoms with E-state index in [1.54, 1.807) is 19.2 Å². The maximum Gasteiger partial charge on any atom is 0.303 e. The van der Waals surface area contributed by atoms with Crippen molar-refractivity contribution in [3.8, 4) is 5.75 Å². The molecule has 2 rings (SSSR count). The Morgan fingerprint density at radius 1 is 1.23 bits per heavy atom. The van der Waals surface area contributed by atoms with Gasteiger partial charge in [-0.15, -0.1) is 0 Å². The molecule has 1 aromatic carbocycles. The van der Waals surface area contributed by atoms with Crippen LogP contribution in [0.15, 0.2) is 24.3 Å². The number of ether oxygens (including phenoxy) is 1. The molecule has 1 aromatic rings. The molecule has 1 saturated carbocycles. The fourth-order valence-electron chi connectivity index (χ4n) is 2.98. The number of carbonyl (C=O) groups excluding carboxylic acids is 1. The maximum atomic E-state index is 12.2. The molecule has 0 bridgehead atoms. The quantitative estimate of drug-likeness (QED) is 0.812. The molecule has 0 aliphatic heterocycles. The highest BCUT2D eigenvalue weighted by Gasteiger charge is 2.22. The van der Waals surface area contributed by atoms with E-state index < -0.39 is 5.97 Å². The number of carboxylic acid groups (broad SMARTS) is 1. The molecule has 0 radical (unpaired) electrons. The Bertz CT molecular complexity index is 506. The summed E-state index contributed by atoms with van der Waals surface area (Å²) in [5.74, 6) is -0.554. The Kier molecular flexibility index (Phi) is 5.81. The molecule has 1 aliphatic rings. The van der Waals surface area contributed by atoms with Gasteiger partial charge in [0.1, 0.15) is 5.75 Å². The average Bonchev–Trinajstić information content (AvgIpc) is 2.99. The summed E-state index contributed by atoms with van der Waals surface area (Å²) in [7, 11) is 1.58. The van der Waals surface area contributed by atoms with Crippen molar-refractivity contribution < 1.29 is 19.4 Å². The molecule has 0 heterocycles. The van der Waals surface area contributed by atoms with E-state index >= 15 is 0 Å². The fourth-order valence-corrected chi connectivity index (χ4v) is 2.98. The van der Waals surface area contributed by atoms with Crippen LogP contribution in [0.5, 0.6) is 5.75 Å². The minimum absolute atomic E-state index is 0.0512. The van der Waals surface area contributed by atoms with Crippen molar-refractivity contribution >= 4 is 11.9 Å². The molecule has 1 amide bonds. The molecule has 1 aliphatic carbocycles. The van der Waals surface area contributed by atoms with Crippen LogP contribution in [0.25, 0.3) is 0 Å². The topological polar surface area (TPSA) is 75.6 Å². The minimum Gasteiger partial charge on any atom is -0.497 e. The first-order valence-corrected chi connectivity index (χ1v) is 7.73. The number of benzene rings is 1. The predicted octanol–water partition coefficient (Wildman–Crippen LogP) is 2.70. The summed E-state index contributed by atoms with van der Waals surface area (Å²) in [5.41, 5.74) is 0.852. The minimum atomic E-state index is -0.894. The lowest BCUT2D eigenvalue weighted by Gasteiger charge is -2.18. The number of carboxylic acids is 1. The lowest BCUT2D eigenvalue weighted by Crippen LogP contribution is -2.33. The maximum absolute atomic E-state index is 12.2. The van der Waals surface area contributed by atoms with Crippen LogP contribution in [-0.4, -0.2) is 30.1 Å². The average molecular weight is 305 g/mol. The van der Waals surface area contributed by atoms with E-state index in [9.17, 15) is 9.59 Å². The van der Waals surface area contributed by atoms with Crippen molar-refractivity contribution in [1.29, 1.82) is 0 Å². The molecule has 5 nitrogen and oxygen atoms in total. The Morgan fingerprint density at radius 3 is 2.41 bits per heavy atom. The zero-order valence-corrected chi connectivity index (χ0v) is 12.9. The number of rotatable bonds is 7. The van der Waals surface area contributed by atoms with Gasteiger partial charge in [0.25, 0.3) is 0 Å². The van der Waals surface area contributed by atoms with Gasteiger partial charge >= 0.3 is 5.97 Å². The van der Waals surface area contributed by atoms with Crippen LogP contribution < -0.4 is 10.1 Å². The third-order valence-corrected chi connectivity index (χ3v) is 4.16. The third-order valence-electron chi connectivity index (χ3n) is 4.16. The molecular formula is C17H23NO4. The van der Waals surface area contributed by atoms with E-state index in [2.05, 4.69) is 5.32 Å². The van der Waals surface area contributed by atoms with Gasteiger partial charge in [0.2, 0.25) is 5.91 Å². The van der Waals surface area contributed by atoms with Crippen molar-refractivity contribution in [2.45, 2.75) is 50.5 Å². The van der Waals surface area contributed by atoms with Gasteiger partial charge in [-0.05, 0) is 30.5 Å². The van der Waals surface area contributed by atoms with Gasteiger partial charge in [0.15, 0.2) is 0 Å². The van der Waals surface area contributed by atoms with Gasteiger partial charge in [0.05, 0.1) is 13.5 Å². The first-order chi connectivity index (χ1) is 10.6. The molecule has 22 heavy (non-hydrogen) atoms. The van der Waals surface area contributed by atoms with Crippen LogP contribution in [0.4, 0.5) is 0 Å². The smallest absolute Gasteiger partial charge is 0.303 e. The van der Waals surface area contributed by atoms with Crippen molar-refractivity contribution in [1.82, 2.24) is 5.32 Å². The summed E-state index contributed by atoms with van der Waals surface area (Å²) < 4.78 is 5.10. The van der Waals surface area contributed by atoms with Crippen LogP contribution in [0.1, 0.15) is 50.0 Å². The summed E-state index contributed by atoms with van der Waals surface area (Å²) >= 11 is 0. The van der Waals surface area contributed by atoms with Gasteiger partial charge < -0.3 is 15.2 Å². The predicted molar refractivity (Wildman–Crippen MR) is 83.0 cm³/mol. The lowest BCUT2D eigenvalue weighted by atomic mass is 9.92. The van der Waals surface area contributed by atoms with E-state index in [0.717, 1.165) is 31.2 Å². The number of hydrogen-bond acceptors (Lipinski definition) is 3. The van der Waals surface area contributed by atoms with E-state index in [1.807, 2.05) is 12.1 Å². The van der Waals surface area contributed by atoms with E-state index in [4.69, 9.17) is 9.84 Å². The molecule has 120 valence electrons. The van der Waals surface area contributed by atoms with E-state index in [1.165, 1.54) is 0 Å². The summed E-state index contributed by atoms with van der Waals surface area (Å²) in [5, 5.41) is 12.1. The summed E-state index contributed by atoms with van der Waals surface area (Å²) in [6, 6.07) is 7.50. The van der Waals surface area contributed by atoms with Gasteiger partial charge in [-0.1, -0.05) is 25.0 Å². The third kappa shape index (κ3) is 4.76. The van der Waals surface area contributed by atoms with E-state index in [-0.39, 0.29) is 30.7 Å². The summed E-state index contributed by atoms with van der Waals surface area (Å²) in [6.45, 7) is 0. The number of aliphatic carboxylic acids is 1. The number of hydrogen-bond donors (Lipinski definition) is 2. The SMILES string of the molecule is COc1ccc([C@H](CC(=O)O)CC(=O)NC2CCCC2)cc1. The van der Waals surface area contributed by atoms with Crippen LogP contribution in [0, 0.1) is 0 Å². The first-order valence-electron chi connectivity index (χ1n) is 7.73. The highest BCUT2D eigenvalue weighted by Crippen LogP contribution is 2.26. The van der Waals surface area contributed by atoms with Crippen molar-refractivity contribution in [2.24, 2.45) is 0 Å². The van der Waals surface area contributed by atoms with Crippen LogP contribution in [-0.2, 0) is 9.59 Å². The monoisotopic (exact) mass is 305 g/mol. The standard InChI is InChI=1S/C17H23NO4/c1-22-15-8-6-12(7-9-15)13(11-17(20)21)10-16(19)18-14-4-2-3-5-14/h6-9,13-14H,2-5,10-11H2,1H3,(H,18,19)(H,20,21)/t13-/m0/s1. The zero-order valence-electron chi connectivity index (χ0n) is 12.9. The Hall–Kier alpha value is -2.04. The molecule has 2 N–H and O–H groups in total.